The zero-order valence-electron chi connectivity index (χ0n) is 11.5. The molecule has 1 saturated heterocycles. The van der Waals surface area contributed by atoms with Crippen molar-refractivity contribution in [2.75, 3.05) is 23.8 Å². The van der Waals surface area contributed by atoms with Gasteiger partial charge in [0.05, 0.1) is 6.61 Å². The number of sulfonamides is 1. The van der Waals surface area contributed by atoms with Gasteiger partial charge in [0, 0.05) is 17.5 Å². The number of ether oxygens (including phenoxy) is 1. The smallest absolute Gasteiger partial charge is 0.244 e. The van der Waals surface area contributed by atoms with Crippen LogP contribution in [0.1, 0.15) is 19.8 Å². The summed E-state index contributed by atoms with van der Waals surface area (Å²) in [4.78, 5) is 0.120. The van der Waals surface area contributed by atoms with Crippen LogP contribution in [0, 0.1) is 0 Å². The highest BCUT2D eigenvalue weighted by Crippen LogP contribution is 2.27. The van der Waals surface area contributed by atoms with Gasteiger partial charge in [-0.3, -0.25) is 0 Å². The average Bonchev–Trinajstić information content (AvgIpc) is 2.41. The predicted octanol–water partition coefficient (Wildman–Crippen LogP) is 1.84. The van der Waals surface area contributed by atoms with Crippen LogP contribution >= 0.6 is 11.8 Å². The summed E-state index contributed by atoms with van der Waals surface area (Å²) < 4.78 is 33.1. The van der Waals surface area contributed by atoms with Gasteiger partial charge in [-0.1, -0.05) is 0 Å². The number of anilines is 1. The van der Waals surface area contributed by atoms with Crippen molar-refractivity contribution < 1.29 is 13.2 Å². The summed E-state index contributed by atoms with van der Waals surface area (Å²) in [6.07, 6.45) is 1.91. The van der Waals surface area contributed by atoms with Crippen molar-refractivity contribution in [2.45, 2.75) is 30.7 Å². The van der Waals surface area contributed by atoms with E-state index >= 15 is 0 Å². The summed E-state index contributed by atoms with van der Waals surface area (Å²) in [6, 6.07) is 4.67. The molecular formula is C13H20N2O3S2. The van der Waals surface area contributed by atoms with E-state index in [9.17, 15) is 8.42 Å². The molecule has 1 heterocycles. The van der Waals surface area contributed by atoms with Gasteiger partial charge in [-0.25, -0.2) is 13.1 Å². The zero-order chi connectivity index (χ0) is 14.6. The first kappa shape index (κ1) is 15.5. The predicted molar refractivity (Wildman–Crippen MR) is 82.7 cm³/mol. The molecule has 0 amide bonds. The summed E-state index contributed by atoms with van der Waals surface area (Å²) in [5, 5.41) is 0. The van der Waals surface area contributed by atoms with Crippen molar-refractivity contribution >= 4 is 27.5 Å². The van der Waals surface area contributed by atoms with Gasteiger partial charge in [0.1, 0.15) is 10.6 Å². The molecule has 5 nitrogen and oxygen atoms in total. The minimum Gasteiger partial charge on any atom is -0.492 e. The Morgan fingerprint density at radius 1 is 1.50 bits per heavy atom. The SMILES string of the molecule is CCOc1ccc(N)cc1S(=O)(=O)NC1CCCSC1. The molecule has 3 N–H and O–H groups in total. The van der Waals surface area contributed by atoms with Gasteiger partial charge in [0.15, 0.2) is 0 Å². The molecule has 1 aliphatic heterocycles. The molecule has 1 aromatic carbocycles. The van der Waals surface area contributed by atoms with E-state index in [0.29, 0.717) is 18.0 Å². The molecule has 20 heavy (non-hydrogen) atoms. The van der Waals surface area contributed by atoms with Crippen LogP contribution in [0.4, 0.5) is 5.69 Å². The molecule has 1 fully saturated rings. The minimum atomic E-state index is -3.60. The Labute approximate surface area is 124 Å². The van der Waals surface area contributed by atoms with Gasteiger partial charge < -0.3 is 10.5 Å². The van der Waals surface area contributed by atoms with Gasteiger partial charge in [-0.15, -0.1) is 0 Å². The van der Waals surface area contributed by atoms with Crippen LogP contribution in [0.25, 0.3) is 0 Å². The highest BCUT2D eigenvalue weighted by Gasteiger charge is 2.25. The zero-order valence-corrected chi connectivity index (χ0v) is 13.1. The first-order valence-corrected chi connectivity index (χ1v) is 9.29. The van der Waals surface area contributed by atoms with Crippen LogP contribution in [-0.4, -0.2) is 32.6 Å². The third-order valence-corrected chi connectivity index (χ3v) is 5.80. The van der Waals surface area contributed by atoms with E-state index in [2.05, 4.69) is 4.72 Å². The third kappa shape index (κ3) is 3.80. The van der Waals surface area contributed by atoms with Crippen LogP contribution in [0.15, 0.2) is 23.1 Å². The van der Waals surface area contributed by atoms with Crippen molar-refractivity contribution in [1.82, 2.24) is 4.72 Å². The normalized spacial score (nSPS) is 19.8. The van der Waals surface area contributed by atoms with Crippen molar-refractivity contribution in [2.24, 2.45) is 0 Å². The number of nitrogens with one attached hydrogen (secondary N) is 1. The van der Waals surface area contributed by atoms with Crippen molar-refractivity contribution in [1.29, 1.82) is 0 Å². The lowest BCUT2D eigenvalue weighted by molar-refractivity contribution is 0.331. The van der Waals surface area contributed by atoms with Gasteiger partial charge in [-0.05, 0) is 43.7 Å². The quantitative estimate of drug-likeness (QED) is 0.810. The second-order valence-electron chi connectivity index (χ2n) is 4.67. The van der Waals surface area contributed by atoms with Crippen LogP contribution in [0.5, 0.6) is 5.75 Å². The summed E-state index contributed by atoms with van der Waals surface area (Å²) in [6.45, 7) is 2.23. The summed E-state index contributed by atoms with van der Waals surface area (Å²) in [7, 11) is -3.60. The molecule has 0 aliphatic carbocycles. The minimum absolute atomic E-state index is 0.0188. The number of nitrogen functional groups attached to an aromatic ring is 1. The Morgan fingerprint density at radius 2 is 2.30 bits per heavy atom. The second-order valence-corrected chi connectivity index (χ2v) is 7.51. The van der Waals surface area contributed by atoms with E-state index in [1.807, 2.05) is 6.92 Å². The molecular weight excluding hydrogens is 296 g/mol. The largest absolute Gasteiger partial charge is 0.492 e. The third-order valence-electron chi connectivity index (χ3n) is 3.04. The average molecular weight is 316 g/mol. The Hall–Kier alpha value is -0.920. The fraction of sp³-hybridized carbons (Fsp3) is 0.538. The van der Waals surface area contributed by atoms with E-state index in [-0.39, 0.29) is 10.9 Å². The van der Waals surface area contributed by atoms with E-state index in [1.165, 1.54) is 6.07 Å². The summed E-state index contributed by atoms with van der Waals surface area (Å²) in [5.74, 6) is 2.25. The van der Waals surface area contributed by atoms with Crippen LogP contribution in [0.2, 0.25) is 0 Å². The van der Waals surface area contributed by atoms with E-state index < -0.39 is 10.0 Å². The van der Waals surface area contributed by atoms with Gasteiger partial charge >= 0.3 is 0 Å². The lowest BCUT2D eigenvalue weighted by Gasteiger charge is -2.23. The summed E-state index contributed by atoms with van der Waals surface area (Å²) in [5.41, 5.74) is 6.11. The van der Waals surface area contributed by atoms with Crippen molar-refractivity contribution in [3.63, 3.8) is 0 Å². The number of hydrogen-bond donors (Lipinski definition) is 2. The van der Waals surface area contributed by atoms with Gasteiger partial charge in [-0.2, -0.15) is 11.8 Å². The van der Waals surface area contributed by atoms with Crippen molar-refractivity contribution in [3.8, 4) is 5.75 Å². The Kier molecular flexibility index (Phi) is 5.17. The molecule has 112 valence electrons. The maximum Gasteiger partial charge on any atom is 0.244 e. The van der Waals surface area contributed by atoms with Gasteiger partial charge in [0.25, 0.3) is 0 Å². The standard InChI is InChI=1S/C13H20N2O3S2/c1-2-18-12-6-5-10(14)8-13(12)20(16,17)15-11-4-3-7-19-9-11/h5-6,8,11,15H,2-4,7,9,14H2,1H3. The molecule has 7 heteroatoms. The number of benzene rings is 1. The lowest BCUT2D eigenvalue weighted by Crippen LogP contribution is -2.38. The molecule has 1 aliphatic rings. The second kappa shape index (κ2) is 6.69. The first-order chi connectivity index (χ1) is 9.53. The molecule has 0 spiro atoms. The number of nitrogens with two attached hydrogens (primary N) is 1. The lowest BCUT2D eigenvalue weighted by atomic mass is 10.2. The van der Waals surface area contributed by atoms with E-state index in [1.54, 1.807) is 23.9 Å². The maximum absolute atomic E-state index is 12.5. The molecule has 1 atom stereocenters. The number of thioether (sulfide) groups is 1. The molecule has 1 unspecified atom stereocenters. The van der Waals surface area contributed by atoms with Crippen LogP contribution in [0.3, 0.4) is 0 Å². The van der Waals surface area contributed by atoms with E-state index in [4.69, 9.17) is 10.5 Å². The van der Waals surface area contributed by atoms with Crippen LogP contribution < -0.4 is 15.2 Å². The Morgan fingerprint density at radius 3 is 2.95 bits per heavy atom. The molecule has 0 saturated carbocycles. The molecule has 0 bridgehead atoms. The fourth-order valence-electron chi connectivity index (χ4n) is 2.13. The molecule has 1 aromatic rings. The Balaban J connectivity index is 2.25. The monoisotopic (exact) mass is 316 g/mol. The molecule has 0 radical (unpaired) electrons. The van der Waals surface area contributed by atoms with E-state index in [0.717, 1.165) is 24.3 Å². The highest BCUT2D eigenvalue weighted by molar-refractivity contribution is 7.99. The molecule has 2 rings (SSSR count). The fourth-order valence-corrected chi connectivity index (χ4v) is 4.75. The number of rotatable bonds is 5. The topological polar surface area (TPSA) is 81.4 Å². The first-order valence-electron chi connectivity index (χ1n) is 6.65. The van der Waals surface area contributed by atoms with Gasteiger partial charge in [0.2, 0.25) is 10.0 Å². The Bertz CT molecular complexity index is 555. The van der Waals surface area contributed by atoms with Crippen molar-refractivity contribution in [3.05, 3.63) is 18.2 Å². The number of hydrogen-bond acceptors (Lipinski definition) is 5. The maximum atomic E-state index is 12.5. The highest BCUT2D eigenvalue weighted by atomic mass is 32.2. The molecule has 0 aromatic heterocycles. The summed E-state index contributed by atoms with van der Waals surface area (Å²) >= 11 is 1.77. The van der Waals surface area contributed by atoms with Crippen LogP contribution in [-0.2, 0) is 10.0 Å².